The van der Waals surface area contributed by atoms with E-state index < -0.39 is 0 Å². The highest BCUT2D eigenvalue weighted by Gasteiger charge is 2.25. The van der Waals surface area contributed by atoms with Gasteiger partial charge in [0.2, 0.25) is 5.95 Å². The highest BCUT2D eigenvalue weighted by Crippen LogP contribution is 2.30. The van der Waals surface area contributed by atoms with E-state index in [0.29, 0.717) is 19.0 Å². The second-order valence-corrected chi connectivity index (χ2v) is 8.41. The maximum absolute atomic E-state index is 12.4. The summed E-state index contributed by atoms with van der Waals surface area (Å²) in [6.45, 7) is 10.9. The van der Waals surface area contributed by atoms with Gasteiger partial charge in [-0.3, -0.25) is 9.36 Å². The molecule has 6 nitrogen and oxygen atoms in total. The minimum atomic E-state index is -0.354. The van der Waals surface area contributed by atoms with E-state index >= 15 is 0 Å². The van der Waals surface area contributed by atoms with E-state index in [4.69, 9.17) is 4.74 Å². The molecule has 3 rings (SSSR count). The van der Waals surface area contributed by atoms with Crippen LogP contribution >= 0.6 is 11.8 Å². The number of Topliss-reactive ketones (excluding diaryl/α,β-unsaturated/α-hetero) is 1. The number of thioether (sulfide) groups is 1. The summed E-state index contributed by atoms with van der Waals surface area (Å²) in [5, 5.41) is 9.60. The van der Waals surface area contributed by atoms with E-state index in [2.05, 4.69) is 38.7 Å². The molecule has 26 heavy (non-hydrogen) atoms. The van der Waals surface area contributed by atoms with Crippen LogP contribution in [0, 0.1) is 12.3 Å². The molecule has 2 aromatic rings. The van der Waals surface area contributed by atoms with Gasteiger partial charge in [-0.15, -0.1) is 10.2 Å². The highest BCUT2D eigenvalue weighted by molar-refractivity contribution is 7.99. The first-order valence-corrected chi connectivity index (χ1v) is 9.86. The average molecular weight is 375 g/mol. The van der Waals surface area contributed by atoms with Gasteiger partial charge in [0.1, 0.15) is 5.78 Å². The number of morpholine rings is 1. The molecule has 1 aromatic heterocycles. The summed E-state index contributed by atoms with van der Waals surface area (Å²) in [5.41, 5.74) is 1.84. The van der Waals surface area contributed by atoms with Gasteiger partial charge in [-0.2, -0.15) is 0 Å². The molecule has 0 radical (unpaired) electrons. The van der Waals surface area contributed by atoms with Crippen LogP contribution in [0.3, 0.4) is 0 Å². The predicted octanol–water partition coefficient (Wildman–Crippen LogP) is 3.12. The Morgan fingerprint density at radius 3 is 2.54 bits per heavy atom. The number of aryl methyl sites for hydroxylation is 1. The third kappa shape index (κ3) is 4.10. The van der Waals surface area contributed by atoms with E-state index in [0.717, 1.165) is 35.4 Å². The summed E-state index contributed by atoms with van der Waals surface area (Å²) in [6, 6.07) is 8.18. The maximum atomic E-state index is 12.4. The van der Waals surface area contributed by atoms with Crippen LogP contribution in [0.2, 0.25) is 0 Å². The molecule has 0 spiro atoms. The van der Waals surface area contributed by atoms with E-state index in [9.17, 15) is 4.79 Å². The second kappa shape index (κ2) is 7.80. The van der Waals surface area contributed by atoms with Crippen molar-refractivity contribution in [1.29, 1.82) is 0 Å². The van der Waals surface area contributed by atoms with Gasteiger partial charge in [-0.1, -0.05) is 50.7 Å². The van der Waals surface area contributed by atoms with Gasteiger partial charge in [-0.05, 0) is 18.6 Å². The lowest BCUT2D eigenvalue weighted by molar-refractivity contribution is -0.123. The van der Waals surface area contributed by atoms with Crippen LogP contribution in [0.25, 0.3) is 5.69 Å². The number of rotatable bonds is 5. The predicted molar refractivity (Wildman–Crippen MR) is 104 cm³/mol. The maximum Gasteiger partial charge on any atom is 0.232 e. The highest BCUT2D eigenvalue weighted by atomic mass is 32.2. The molecule has 0 amide bonds. The summed E-state index contributed by atoms with van der Waals surface area (Å²) in [6.07, 6.45) is 0. The Bertz CT molecular complexity index is 776. The van der Waals surface area contributed by atoms with Gasteiger partial charge < -0.3 is 9.64 Å². The smallest absolute Gasteiger partial charge is 0.232 e. The van der Waals surface area contributed by atoms with Crippen molar-refractivity contribution in [2.24, 2.45) is 5.41 Å². The zero-order chi connectivity index (χ0) is 18.7. The third-order valence-corrected chi connectivity index (χ3v) is 5.36. The zero-order valence-electron chi connectivity index (χ0n) is 15.9. The molecular weight excluding hydrogens is 348 g/mol. The largest absolute Gasteiger partial charge is 0.378 e. The minimum absolute atomic E-state index is 0.203. The molecule has 1 aromatic carbocycles. The lowest BCUT2D eigenvalue weighted by Crippen LogP contribution is -2.38. The Kier molecular flexibility index (Phi) is 5.67. The van der Waals surface area contributed by atoms with Crippen LogP contribution in [0.4, 0.5) is 5.95 Å². The fraction of sp³-hybridized carbons (Fsp3) is 0.526. The number of nitrogens with zero attached hydrogens (tertiary/aromatic N) is 4. The fourth-order valence-electron chi connectivity index (χ4n) is 2.70. The monoisotopic (exact) mass is 374 g/mol. The molecule has 0 unspecified atom stereocenters. The van der Waals surface area contributed by atoms with E-state index in [1.165, 1.54) is 11.8 Å². The first-order valence-electron chi connectivity index (χ1n) is 8.88. The summed E-state index contributed by atoms with van der Waals surface area (Å²) < 4.78 is 7.54. The van der Waals surface area contributed by atoms with Crippen LogP contribution in [-0.4, -0.2) is 52.6 Å². The van der Waals surface area contributed by atoms with Gasteiger partial charge in [0, 0.05) is 18.5 Å². The third-order valence-electron chi connectivity index (χ3n) is 4.44. The number of para-hydroxylation sites is 1. The van der Waals surface area contributed by atoms with E-state index in [1.807, 2.05) is 32.9 Å². The molecular formula is C19H26N4O2S. The Morgan fingerprint density at radius 2 is 1.88 bits per heavy atom. The molecule has 0 aliphatic carbocycles. The number of carbonyl (C=O) groups is 1. The number of hydrogen-bond acceptors (Lipinski definition) is 6. The molecule has 7 heteroatoms. The molecule has 140 valence electrons. The SMILES string of the molecule is Cc1ccccc1-n1c(SCC(=O)C(C)(C)C)nnc1N1CCOCC1. The average Bonchev–Trinajstić information content (AvgIpc) is 3.03. The number of aromatic nitrogens is 3. The minimum Gasteiger partial charge on any atom is -0.378 e. The quantitative estimate of drug-likeness (QED) is 0.750. The second-order valence-electron chi connectivity index (χ2n) is 7.47. The number of carbonyl (C=O) groups excluding carboxylic acids is 1. The van der Waals surface area contributed by atoms with Crippen LogP contribution in [0.5, 0.6) is 0 Å². The molecule has 0 atom stereocenters. The lowest BCUT2D eigenvalue weighted by atomic mass is 9.92. The Labute approximate surface area is 158 Å². The molecule has 1 saturated heterocycles. The van der Waals surface area contributed by atoms with Crippen molar-refractivity contribution in [2.75, 3.05) is 37.0 Å². The van der Waals surface area contributed by atoms with Gasteiger partial charge in [0.25, 0.3) is 0 Å². The Balaban J connectivity index is 1.95. The molecule has 0 saturated carbocycles. The van der Waals surface area contributed by atoms with Crippen LogP contribution in [0.15, 0.2) is 29.4 Å². The Hall–Kier alpha value is -1.86. The van der Waals surface area contributed by atoms with Crippen molar-refractivity contribution in [3.63, 3.8) is 0 Å². The number of hydrogen-bond donors (Lipinski definition) is 0. The molecule has 1 aliphatic heterocycles. The number of anilines is 1. The normalized spacial score (nSPS) is 15.3. The molecule has 0 bridgehead atoms. The molecule has 1 fully saturated rings. The topological polar surface area (TPSA) is 60.2 Å². The molecule has 2 heterocycles. The van der Waals surface area contributed by atoms with Gasteiger partial charge in [0.15, 0.2) is 5.16 Å². The summed E-state index contributed by atoms with van der Waals surface area (Å²) in [4.78, 5) is 14.5. The number of ketones is 1. The standard InChI is InChI=1S/C19H26N4O2S/c1-14-7-5-6-8-15(14)23-17(22-9-11-25-12-10-22)20-21-18(23)26-13-16(24)19(2,3)4/h5-8H,9-13H2,1-4H3. The van der Waals surface area contributed by atoms with Crippen molar-refractivity contribution < 1.29 is 9.53 Å². The number of benzene rings is 1. The van der Waals surface area contributed by atoms with Crippen molar-refractivity contribution in [2.45, 2.75) is 32.9 Å². The van der Waals surface area contributed by atoms with Crippen LogP contribution in [-0.2, 0) is 9.53 Å². The van der Waals surface area contributed by atoms with Gasteiger partial charge in [-0.25, -0.2) is 0 Å². The van der Waals surface area contributed by atoms with Gasteiger partial charge in [0.05, 0.1) is 24.7 Å². The van der Waals surface area contributed by atoms with Crippen LogP contribution in [0.1, 0.15) is 26.3 Å². The number of ether oxygens (including phenoxy) is 1. The summed E-state index contributed by atoms with van der Waals surface area (Å²) in [5.74, 6) is 1.40. The molecule has 1 aliphatic rings. The first-order chi connectivity index (χ1) is 12.4. The molecule has 0 N–H and O–H groups in total. The zero-order valence-corrected chi connectivity index (χ0v) is 16.7. The van der Waals surface area contributed by atoms with E-state index in [1.54, 1.807) is 0 Å². The fourth-order valence-corrected chi connectivity index (χ4v) is 3.80. The summed E-state index contributed by atoms with van der Waals surface area (Å²) >= 11 is 1.45. The van der Waals surface area contributed by atoms with Crippen LogP contribution < -0.4 is 4.90 Å². The summed E-state index contributed by atoms with van der Waals surface area (Å²) in [7, 11) is 0. The van der Waals surface area contributed by atoms with Gasteiger partial charge >= 0.3 is 0 Å². The van der Waals surface area contributed by atoms with E-state index in [-0.39, 0.29) is 11.2 Å². The van der Waals surface area contributed by atoms with Crippen molar-refractivity contribution in [3.05, 3.63) is 29.8 Å². The van der Waals surface area contributed by atoms with Crippen molar-refractivity contribution in [1.82, 2.24) is 14.8 Å². The van der Waals surface area contributed by atoms with Crippen molar-refractivity contribution in [3.8, 4) is 5.69 Å². The van der Waals surface area contributed by atoms with Crippen molar-refractivity contribution >= 4 is 23.5 Å². The first kappa shape index (κ1) is 18.9. The Morgan fingerprint density at radius 1 is 1.19 bits per heavy atom. The lowest BCUT2D eigenvalue weighted by Gasteiger charge is -2.28.